The van der Waals surface area contributed by atoms with Crippen molar-refractivity contribution in [1.29, 1.82) is 0 Å². The van der Waals surface area contributed by atoms with Gasteiger partial charge in [-0.15, -0.1) is 0 Å². The van der Waals surface area contributed by atoms with E-state index in [0.717, 1.165) is 16.1 Å². The molecule has 1 fully saturated rings. The number of sulfonamides is 1. The van der Waals surface area contributed by atoms with E-state index in [0.29, 0.717) is 42.6 Å². The summed E-state index contributed by atoms with van der Waals surface area (Å²) in [5.41, 5.74) is 2.77. The van der Waals surface area contributed by atoms with Crippen LogP contribution < -0.4 is 4.73 Å². The van der Waals surface area contributed by atoms with E-state index in [2.05, 4.69) is 0 Å². The molecule has 2 aromatic heterocycles. The highest BCUT2D eigenvalue weighted by Gasteiger charge is 2.27. The first-order valence-corrected chi connectivity index (χ1v) is 12.9. The number of aromatic nitrogens is 2. The molecule has 1 saturated heterocycles. The van der Waals surface area contributed by atoms with Crippen molar-refractivity contribution in [2.75, 3.05) is 32.1 Å². The zero-order valence-electron chi connectivity index (χ0n) is 18.4. The number of aryl methyl sites for hydroxylation is 1. The molecule has 0 aliphatic carbocycles. The highest BCUT2D eigenvalue weighted by atomic mass is 32.2. The Bertz CT molecular complexity index is 1280. The lowest BCUT2D eigenvalue weighted by atomic mass is 10.2. The zero-order chi connectivity index (χ0) is 23.6. The molecule has 10 heteroatoms. The number of hydrogen-bond acceptors (Lipinski definition) is 6. The molecular weight excluding hydrogens is 462 g/mol. The van der Waals surface area contributed by atoms with Crippen molar-refractivity contribution in [2.45, 2.75) is 23.8 Å². The first-order chi connectivity index (χ1) is 15.8. The molecule has 1 aromatic carbocycles. The number of nitrogens with zero attached hydrogens (tertiary/aromatic N) is 3. The minimum absolute atomic E-state index is 0.0969. The number of Topliss-reactive ketones (excluding diaryl/α,β-unsaturated/α-hetero) is 1. The second-order valence-electron chi connectivity index (χ2n) is 7.71. The fraction of sp³-hybridized carbons (Fsp3) is 0.304. The standard InChI is InChI=1S/C23H25N3O5S2/c1-17-14-21(22(27)16-32-23-8-3-4-9-25(23)28)18(2)26(17)19-6-5-7-20(15-19)33(29,30)24-10-12-31-13-11-24/h3-9,14-15H,10-13,16H2,1-2H3. The first kappa shape index (κ1) is 23.5. The molecule has 0 radical (unpaired) electrons. The number of benzene rings is 1. The molecule has 1 aliphatic rings. The summed E-state index contributed by atoms with van der Waals surface area (Å²) in [7, 11) is -3.63. The van der Waals surface area contributed by atoms with Crippen LogP contribution in [0, 0.1) is 19.1 Å². The summed E-state index contributed by atoms with van der Waals surface area (Å²) in [6, 6.07) is 13.6. The van der Waals surface area contributed by atoms with Crippen LogP contribution >= 0.6 is 11.8 Å². The Kier molecular flexibility index (Phi) is 6.89. The molecule has 8 nitrogen and oxygen atoms in total. The Balaban J connectivity index is 1.60. The predicted octanol–water partition coefficient (Wildman–Crippen LogP) is 2.72. The van der Waals surface area contributed by atoms with E-state index in [4.69, 9.17) is 4.74 Å². The second kappa shape index (κ2) is 9.68. The topological polar surface area (TPSA) is 95.5 Å². The predicted molar refractivity (Wildman–Crippen MR) is 125 cm³/mol. The SMILES string of the molecule is Cc1cc(C(=O)CSc2cccc[n+]2[O-])c(C)n1-c1cccc(S(=O)(=O)N2CCOCC2)c1. The quantitative estimate of drug-likeness (QED) is 0.220. The summed E-state index contributed by atoms with van der Waals surface area (Å²) in [6.45, 7) is 5.14. The number of pyridine rings is 1. The van der Waals surface area contributed by atoms with E-state index < -0.39 is 10.0 Å². The Labute approximate surface area is 197 Å². The molecule has 0 amide bonds. The maximum absolute atomic E-state index is 13.1. The normalized spacial score (nSPS) is 15.0. The number of rotatable bonds is 7. The number of ether oxygens (including phenoxy) is 1. The highest BCUT2D eigenvalue weighted by molar-refractivity contribution is 7.99. The van der Waals surface area contributed by atoms with Gasteiger partial charge in [0.25, 0.3) is 5.03 Å². The molecule has 0 bridgehead atoms. The van der Waals surface area contributed by atoms with Crippen LogP contribution in [0.25, 0.3) is 5.69 Å². The van der Waals surface area contributed by atoms with Crippen molar-refractivity contribution in [3.63, 3.8) is 0 Å². The van der Waals surface area contributed by atoms with Gasteiger partial charge in [0, 0.05) is 47.9 Å². The van der Waals surface area contributed by atoms with Gasteiger partial charge in [-0.1, -0.05) is 6.07 Å². The third-order valence-corrected chi connectivity index (χ3v) is 8.47. The lowest BCUT2D eigenvalue weighted by molar-refractivity contribution is -0.645. The van der Waals surface area contributed by atoms with Gasteiger partial charge in [0.15, 0.2) is 12.0 Å². The van der Waals surface area contributed by atoms with Gasteiger partial charge in [0.05, 0.1) is 23.9 Å². The number of ketones is 1. The Hall–Kier alpha value is -2.66. The van der Waals surface area contributed by atoms with E-state index in [-0.39, 0.29) is 16.4 Å². The maximum Gasteiger partial charge on any atom is 0.251 e. The molecule has 0 unspecified atom stereocenters. The highest BCUT2D eigenvalue weighted by Crippen LogP contribution is 2.26. The average molecular weight is 488 g/mol. The molecule has 0 spiro atoms. The number of hydrogen-bond donors (Lipinski definition) is 0. The summed E-state index contributed by atoms with van der Waals surface area (Å²) in [4.78, 5) is 13.1. The molecule has 4 rings (SSSR count). The maximum atomic E-state index is 13.1. The molecule has 174 valence electrons. The van der Waals surface area contributed by atoms with Crippen LogP contribution in [0.15, 0.2) is 64.6 Å². The van der Waals surface area contributed by atoms with E-state index in [1.807, 2.05) is 24.5 Å². The summed E-state index contributed by atoms with van der Waals surface area (Å²) in [5, 5.41) is 12.3. The van der Waals surface area contributed by atoms with Crippen LogP contribution in [-0.4, -0.2) is 55.1 Å². The van der Waals surface area contributed by atoms with Gasteiger partial charge in [-0.25, -0.2) is 8.42 Å². The molecule has 3 aromatic rings. The first-order valence-electron chi connectivity index (χ1n) is 10.5. The van der Waals surface area contributed by atoms with Crippen molar-refractivity contribution >= 4 is 27.6 Å². The second-order valence-corrected chi connectivity index (χ2v) is 10.6. The average Bonchev–Trinajstić information content (AvgIpc) is 3.13. The summed E-state index contributed by atoms with van der Waals surface area (Å²) < 4.78 is 35.5. The molecule has 3 heterocycles. The van der Waals surface area contributed by atoms with Gasteiger partial charge in [0.1, 0.15) is 0 Å². The molecule has 1 aliphatic heterocycles. The number of thioether (sulfide) groups is 1. The van der Waals surface area contributed by atoms with Crippen LogP contribution in [0.5, 0.6) is 0 Å². The van der Waals surface area contributed by atoms with E-state index in [1.165, 1.54) is 22.3 Å². The van der Waals surface area contributed by atoms with Crippen molar-refractivity contribution < 1.29 is 22.7 Å². The van der Waals surface area contributed by atoms with Gasteiger partial charge in [-0.3, -0.25) is 4.79 Å². The Morgan fingerprint density at radius 1 is 1.12 bits per heavy atom. The minimum Gasteiger partial charge on any atom is -0.618 e. The van der Waals surface area contributed by atoms with Crippen molar-refractivity contribution in [1.82, 2.24) is 8.87 Å². The molecule has 0 saturated carbocycles. The Morgan fingerprint density at radius 3 is 2.61 bits per heavy atom. The van der Waals surface area contributed by atoms with E-state index in [9.17, 15) is 18.4 Å². The smallest absolute Gasteiger partial charge is 0.251 e. The number of carbonyl (C=O) groups is 1. The van der Waals surface area contributed by atoms with Crippen LogP contribution in [-0.2, 0) is 14.8 Å². The monoisotopic (exact) mass is 487 g/mol. The minimum atomic E-state index is -3.63. The zero-order valence-corrected chi connectivity index (χ0v) is 20.1. The third kappa shape index (κ3) is 4.84. The van der Waals surface area contributed by atoms with E-state index >= 15 is 0 Å². The van der Waals surface area contributed by atoms with Crippen LogP contribution in [0.3, 0.4) is 0 Å². The molecule has 0 N–H and O–H groups in total. The third-order valence-electron chi connectivity index (χ3n) is 5.55. The summed E-state index contributed by atoms with van der Waals surface area (Å²) in [5.74, 6) is 0.0300. The van der Waals surface area contributed by atoms with Gasteiger partial charge in [-0.2, -0.15) is 9.04 Å². The lowest BCUT2D eigenvalue weighted by Gasteiger charge is -2.26. The van der Waals surface area contributed by atoms with Gasteiger partial charge < -0.3 is 14.5 Å². The van der Waals surface area contributed by atoms with Crippen LogP contribution in [0.1, 0.15) is 21.7 Å². The molecule has 0 atom stereocenters. The van der Waals surface area contributed by atoms with Crippen molar-refractivity contribution in [2.24, 2.45) is 0 Å². The summed E-state index contributed by atoms with van der Waals surface area (Å²) >= 11 is 1.19. The van der Waals surface area contributed by atoms with Crippen LogP contribution in [0.4, 0.5) is 0 Å². The van der Waals surface area contributed by atoms with Gasteiger partial charge in [0.2, 0.25) is 10.0 Å². The number of carbonyl (C=O) groups excluding carboxylic acids is 1. The summed E-state index contributed by atoms with van der Waals surface area (Å²) in [6.07, 6.45) is 1.40. The fourth-order valence-corrected chi connectivity index (χ4v) is 6.15. The largest absolute Gasteiger partial charge is 0.618 e. The number of morpholine rings is 1. The molecular formula is C23H25N3O5S2. The van der Waals surface area contributed by atoms with Crippen molar-refractivity contribution in [3.8, 4) is 5.69 Å². The fourth-order valence-electron chi connectivity index (χ4n) is 3.90. The Morgan fingerprint density at radius 2 is 1.88 bits per heavy atom. The van der Waals surface area contributed by atoms with Crippen molar-refractivity contribution in [3.05, 3.63) is 76.9 Å². The van der Waals surface area contributed by atoms with Gasteiger partial charge in [-0.05, 0) is 55.9 Å². The molecule has 33 heavy (non-hydrogen) atoms. The van der Waals surface area contributed by atoms with E-state index in [1.54, 1.807) is 42.5 Å². The van der Waals surface area contributed by atoms with Gasteiger partial charge >= 0.3 is 0 Å². The lowest BCUT2D eigenvalue weighted by Crippen LogP contribution is -2.40. The van der Waals surface area contributed by atoms with Crippen LogP contribution in [0.2, 0.25) is 0 Å².